The van der Waals surface area contributed by atoms with Crippen LogP contribution in [-0.4, -0.2) is 24.6 Å². The molecule has 0 unspecified atom stereocenters. The molecule has 1 aromatic rings. The van der Waals surface area contributed by atoms with Gasteiger partial charge in [0.1, 0.15) is 0 Å². The van der Waals surface area contributed by atoms with Crippen molar-refractivity contribution in [3.63, 3.8) is 0 Å². The number of halogens is 2. The summed E-state index contributed by atoms with van der Waals surface area (Å²) in [5.74, 6) is 2.50. The van der Waals surface area contributed by atoms with Crippen LogP contribution in [0.3, 0.4) is 0 Å². The van der Waals surface area contributed by atoms with Gasteiger partial charge in [0.05, 0.1) is 17.3 Å². The van der Waals surface area contributed by atoms with Crippen LogP contribution in [0.25, 0.3) is 0 Å². The first kappa shape index (κ1) is 22.5. The van der Waals surface area contributed by atoms with E-state index in [2.05, 4.69) is 22.2 Å². The molecular formula is C23H34Cl2N4. The van der Waals surface area contributed by atoms with Gasteiger partial charge in [-0.25, -0.2) is 4.99 Å². The number of benzene rings is 1. The number of hydrogen-bond acceptors (Lipinski definition) is 2. The number of anilines is 1. The van der Waals surface area contributed by atoms with Gasteiger partial charge in [-0.1, -0.05) is 29.3 Å². The Kier molecular flexibility index (Phi) is 8.70. The quantitative estimate of drug-likeness (QED) is 0.290. The SMILES string of the molecule is C=CCN=C(Nc1ccc(Cl)cc1Cl)NC1CCC(CC2CCC(N)CC2)CC1. The number of guanidine groups is 1. The highest BCUT2D eigenvalue weighted by molar-refractivity contribution is 6.36. The number of aliphatic imine (C=N–C) groups is 1. The summed E-state index contributed by atoms with van der Waals surface area (Å²) < 4.78 is 0. The lowest BCUT2D eigenvalue weighted by atomic mass is 9.76. The molecule has 0 aromatic heterocycles. The van der Waals surface area contributed by atoms with Gasteiger partial charge >= 0.3 is 0 Å². The highest BCUT2D eigenvalue weighted by Gasteiger charge is 2.26. The number of rotatable bonds is 6. The third-order valence-electron chi connectivity index (χ3n) is 6.31. The number of nitrogens with one attached hydrogen (secondary N) is 2. The Bertz CT molecular complexity index is 690. The van der Waals surface area contributed by atoms with Crippen LogP contribution < -0.4 is 16.4 Å². The molecule has 4 nitrogen and oxygen atoms in total. The minimum absolute atomic E-state index is 0.438. The third-order valence-corrected chi connectivity index (χ3v) is 6.86. The Balaban J connectivity index is 1.49. The highest BCUT2D eigenvalue weighted by atomic mass is 35.5. The average Bonchev–Trinajstić information content (AvgIpc) is 2.71. The van der Waals surface area contributed by atoms with Crippen LogP contribution in [0.5, 0.6) is 0 Å². The van der Waals surface area contributed by atoms with Crippen molar-refractivity contribution in [3.8, 4) is 0 Å². The molecule has 0 heterocycles. The summed E-state index contributed by atoms with van der Waals surface area (Å²) in [4.78, 5) is 4.59. The molecule has 6 heteroatoms. The van der Waals surface area contributed by atoms with Crippen LogP contribution in [0.15, 0.2) is 35.8 Å². The lowest BCUT2D eigenvalue weighted by Crippen LogP contribution is -2.41. The van der Waals surface area contributed by atoms with E-state index in [0.717, 1.165) is 23.5 Å². The second kappa shape index (κ2) is 11.2. The van der Waals surface area contributed by atoms with Crippen molar-refractivity contribution >= 4 is 34.8 Å². The lowest BCUT2D eigenvalue weighted by molar-refractivity contribution is 0.221. The maximum absolute atomic E-state index is 6.31. The maximum Gasteiger partial charge on any atom is 0.196 e. The summed E-state index contributed by atoms with van der Waals surface area (Å²) in [6.07, 6.45) is 13.2. The average molecular weight is 437 g/mol. The Morgan fingerprint density at radius 2 is 1.72 bits per heavy atom. The van der Waals surface area contributed by atoms with Crippen LogP contribution in [-0.2, 0) is 0 Å². The van der Waals surface area contributed by atoms with E-state index in [1.54, 1.807) is 12.1 Å². The molecule has 0 bridgehead atoms. The molecule has 3 rings (SSSR count). The van der Waals surface area contributed by atoms with Crippen LogP contribution >= 0.6 is 23.2 Å². The predicted molar refractivity (Wildman–Crippen MR) is 126 cm³/mol. The number of nitrogens with zero attached hydrogens (tertiary/aromatic N) is 1. The molecule has 0 aliphatic heterocycles. The van der Waals surface area contributed by atoms with Crippen LogP contribution in [0.1, 0.15) is 57.8 Å². The highest BCUT2D eigenvalue weighted by Crippen LogP contribution is 2.35. The predicted octanol–water partition coefficient (Wildman–Crippen LogP) is 6.00. The molecule has 29 heavy (non-hydrogen) atoms. The molecule has 160 valence electrons. The fourth-order valence-corrected chi connectivity index (χ4v) is 5.08. The molecule has 2 fully saturated rings. The fourth-order valence-electron chi connectivity index (χ4n) is 4.63. The van der Waals surface area contributed by atoms with Gasteiger partial charge in [-0.15, -0.1) is 6.58 Å². The monoisotopic (exact) mass is 436 g/mol. The summed E-state index contributed by atoms with van der Waals surface area (Å²) in [7, 11) is 0. The molecule has 2 aliphatic carbocycles. The molecule has 0 radical (unpaired) electrons. The van der Waals surface area contributed by atoms with Gasteiger partial charge in [-0.05, 0) is 87.8 Å². The first-order valence-electron chi connectivity index (χ1n) is 10.9. The Hall–Kier alpha value is -1.23. The second-order valence-electron chi connectivity index (χ2n) is 8.61. The van der Waals surface area contributed by atoms with Crippen molar-refractivity contribution in [3.05, 3.63) is 40.9 Å². The zero-order valence-electron chi connectivity index (χ0n) is 17.2. The van der Waals surface area contributed by atoms with Crippen molar-refractivity contribution in [2.24, 2.45) is 22.6 Å². The lowest BCUT2D eigenvalue weighted by Gasteiger charge is -2.34. The first-order chi connectivity index (χ1) is 14.0. The van der Waals surface area contributed by atoms with Gasteiger partial charge < -0.3 is 16.4 Å². The number of hydrogen-bond donors (Lipinski definition) is 3. The van der Waals surface area contributed by atoms with E-state index >= 15 is 0 Å². The molecule has 2 aliphatic rings. The van der Waals surface area contributed by atoms with Crippen LogP contribution in [0.4, 0.5) is 5.69 Å². The van der Waals surface area contributed by atoms with E-state index < -0.39 is 0 Å². The Morgan fingerprint density at radius 3 is 2.34 bits per heavy atom. The zero-order chi connectivity index (χ0) is 20.6. The van der Waals surface area contributed by atoms with Gasteiger partial charge in [0.25, 0.3) is 0 Å². The van der Waals surface area contributed by atoms with E-state index in [1.807, 2.05) is 12.1 Å². The minimum Gasteiger partial charge on any atom is -0.353 e. The smallest absolute Gasteiger partial charge is 0.196 e. The molecular weight excluding hydrogens is 403 g/mol. The normalized spacial score (nSPS) is 28.0. The molecule has 1 aromatic carbocycles. The molecule has 2 saturated carbocycles. The molecule has 0 saturated heterocycles. The Morgan fingerprint density at radius 1 is 1.07 bits per heavy atom. The topological polar surface area (TPSA) is 62.4 Å². The van der Waals surface area contributed by atoms with E-state index in [9.17, 15) is 0 Å². The minimum atomic E-state index is 0.438. The van der Waals surface area contributed by atoms with Crippen molar-refractivity contribution in [1.82, 2.24) is 5.32 Å². The van der Waals surface area contributed by atoms with Gasteiger partial charge in [0.2, 0.25) is 0 Å². The van der Waals surface area contributed by atoms with Gasteiger partial charge in [0, 0.05) is 17.1 Å². The zero-order valence-corrected chi connectivity index (χ0v) is 18.7. The van der Waals surface area contributed by atoms with Crippen molar-refractivity contribution in [2.75, 3.05) is 11.9 Å². The van der Waals surface area contributed by atoms with Gasteiger partial charge in [-0.2, -0.15) is 0 Å². The van der Waals surface area contributed by atoms with E-state index in [0.29, 0.717) is 28.7 Å². The second-order valence-corrected chi connectivity index (χ2v) is 9.45. The van der Waals surface area contributed by atoms with Gasteiger partial charge in [-0.3, -0.25) is 0 Å². The van der Waals surface area contributed by atoms with E-state index in [-0.39, 0.29) is 0 Å². The van der Waals surface area contributed by atoms with Crippen LogP contribution in [0, 0.1) is 11.8 Å². The summed E-state index contributed by atoms with van der Waals surface area (Å²) >= 11 is 12.3. The Labute approximate surface area is 185 Å². The third kappa shape index (κ3) is 7.20. The van der Waals surface area contributed by atoms with Crippen molar-refractivity contribution in [2.45, 2.75) is 69.9 Å². The standard InChI is InChI=1S/C23H34Cl2N4/c1-2-13-27-23(29-22-12-7-18(24)15-21(22)25)28-20-10-5-17(6-11-20)14-16-3-8-19(26)9-4-16/h2,7,12,15-17,19-20H,1,3-6,8-11,13-14,26H2,(H2,27,28,29). The number of nitrogens with two attached hydrogens (primary N) is 1. The van der Waals surface area contributed by atoms with Crippen LogP contribution in [0.2, 0.25) is 10.0 Å². The van der Waals surface area contributed by atoms with E-state index in [1.165, 1.54) is 57.8 Å². The fraction of sp³-hybridized carbons (Fsp3) is 0.609. The summed E-state index contributed by atoms with van der Waals surface area (Å²) in [5.41, 5.74) is 6.86. The summed E-state index contributed by atoms with van der Waals surface area (Å²) in [6, 6.07) is 6.32. The molecule has 0 atom stereocenters. The van der Waals surface area contributed by atoms with Crippen molar-refractivity contribution in [1.29, 1.82) is 0 Å². The van der Waals surface area contributed by atoms with E-state index in [4.69, 9.17) is 28.9 Å². The maximum atomic E-state index is 6.31. The summed E-state index contributed by atoms with van der Waals surface area (Å²) in [5, 5.41) is 8.13. The summed E-state index contributed by atoms with van der Waals surface area (Å²) in [6.45, 7) is 4.33. The first-order valence-corrected chi connectivity index (χ1v) is 11.7. The molecule has 0 amide bonds. The molecule has 0 spiro atoms. The molecule has 4 N–H and O–H groups in total. The largest absolute Gasteiger partial charge is 0.353 e. The van der Waals surface area contributed by atoms with Crippen molar-refractivity contribution < 1.29 is 0 Å². The van der Waals surface area contributed by atoms with Gasteiger partial charge in [0.15, 0.2) is 5.96 Å².